The molecular formula is C29H39N3O4S. The molecule has 5 rings (SSSR count). The molecule has 1 saturated heterocycles. The third-order valence-corrected chi connectivity index (χ3v) is 9.85. The van der Waals surface area contributed by atoms with Crippen molar-refractivity contribution in [2.75, 3.05) is 23.1 Å². The molecule has 0 aromatic heterocycles. The summed E-state index contributed by atoms with van der Waals surface area (Å²) >= 11 is 0. The van der Waals surface area contributed by atoms with Crippen LogP contribution in [0.4, 0.5) is 11.4 Å². The Morgan fingerprint density at radius 2 is 1.70 bits per heavy atom. The molecule has 0 unspecified atom stereocenters. The summed E-state index contributed by atoms with van der Waals surface area (Å²) in [5.74, 6) is -1.10. The Morgan fingerprint density at radius 1 is 0.919 bits per heavy atom. The average molecular weight is 526 g/mol. The van der Waals surface area contributed by atoms with Gasteiger partial charge in [-0.2, -0.15) is 0 Å². The Hall–Kier alpha value is -2.58. The molecule has 3 N–H and O–H groups in total. The van der Waals surface area contributed by atoms with Crippen molar-refractivity contribution in [1.29, 1.82) is 0 Å². The number of fused-ring (bicyclic) bond motifs is 1. The third kappa shape index (κ3) is 5.80. The predicted octanol–water partition coefficient (Wildman–Crippen LogP) is 5.66. The summed E-state index contributed by atoms with van der Waals surface area (Å²) in [4.78, 5) is 15.0. The van der Waals surface area contributed by atoms with Crippen LogP contribution in [0.15, 0.2) is 41.3 Å². The molecule has 2 fully saturated rings. The zero-order valence-electron chi connectivity index (χ0n) is 21.5. The third-order valence-electron chi connectivity index (χ3n) is 8.43. The van der Waals surface area contributed by atoms with Crippen molar-refractivity contribution < 1.29 is 18.3 Å². The molecule has 2 aliphatic carbocycles. The van der Waals surface area contributed by atoms with Crippen molar-refractivity contribution >= 4 is 27.4 Å². The van der Waals surface area contributed by atoms with Gasteiger partial charge in [-0.1, -0.05) is 37.5 Å². The summed E-state index contributed by atoms with van der Waals surface area (Å²) in [6.07, 6.45) is 13.5. The van der Waals surface area contributed by atoms with Crippen molar-refractivity contribution in [3.05, 3.63) is 53.1 Å². The van der Waals surface area contributed by atoms with Gasteiger partial charge < -0.3 is 10.4 Å². The second-order valence-corrected chi connectivity index (χ2v) is 12.4. The lowest BCUT2D eigenvalue weighted by Gasteiger charge is -2.35. The van der Waals surface area contributed by atoms with Crippen molar-refractivity contribution in [2.45, 2.75) is 94.0 Å². The molecule has 2 aromatic carbocycles. The molecule has 1 saturated carbocycles. The second kappa shape index (κ2) is 11.4. The number of hydrogen-bond donors (Lipinski definition) is 3. The fourth-order valence-corrected chi connectivity index (χ4v) is 7.90. The van der Waals surface area contributed by atoms with Crippen LogP contribution in [0, 0.1) is 0 Å². The lowest BCUT2D eigenvalue weighted by atomic mass is 9.87. The van der Waals surface area contributed by atoms with Crippen LogP contribution in [0.2, 0.25) is 0 Å². The first kappa shape index (κ1) is 26.0. The molecule has 7 nitrogen and oxygen atoms in total. The molecule has 8 heteroatoms. The van der Waals surface area contributed by atoms with E-state index in [1.165, 1.54) is 51.5 Å². The lowest BCUT2D eigenvalue weighted by Crippen LogP contribution is -2.41. The number of hydrogen-bond acceptors (Lipinski definition) is 5. The minimum atomic E-state index is -3.99. The van der Waals surface area contributed by atoms with Gasteiger partial charge in [-0.05, 0) is 93.7 Å². The van der Waals surface area contributed by atoms with E-state index in [4.69, 9.17) is 0 Å². The monoisotopic (exact) mass is 525 g/mol. The van der Waals surface area contributed by atoms with E-state index in [2.05, 4.69) is 14.9 Å². The Bertz CT molecular complexity index is 1220. The van der Waals surface area contributed by atoms with Gasteiger partial charge in [0.05, 0.1) is 16.9 Å². The molecule has 1 atom stereocenters. The van der Waals surface area contributed by atoms with E-state index in [0.717, 1.165) is 36.8 Å². The number of nitrogens with zero attached hydrogens (tertiary/aromatic N) is 1. The summed E-state index contributed by atoms with van der Waals surface area (Å²) in [5, 5.41) is 13.3. The first-order chi connectivity index (χ1) is 17.9. The lowest BCUT2D eigenvalue weighted by molar-refractivity contribution is 0.0696. The van der Waals surface area contributed by atoms with Crippen molar-refractivity contribution in [1.82, 2.24) is 4.90 Å². The number of carboxylic acid groups (broad SMARTS) is 1. The molecule has 1 heterocycles. The van der Waals surface area contributed by atoms with Crippen molar-refractivity contribution in [2.24, 2.45) is 0 Å². The average Bonchev–Trinajstić information content (AvgIpc) is 3.37. The van der Waals surface area contributed by atoms with E-state index >= 15 is 0 Å². The SMILES string of the molecule is O=C(O)c1c(NS(=O)(=O)c2ccccc2NCC[C@@H]2CCCN2C2CCCCC2)ccc2c1CCCC2. The number of aryl methyl sites for hydroxylation is 1. The number of aromatic carboxylic acids is 1. The largest absolute Gasteiger partial charge is 0.478 e. The fraction of sp³-hybridized carbons (Fsp3) is 0.552. The summed E-state index contributed by atoms with van der Waals surface area (Å²) in [6.45, 7) is 1.87. The highest BCUT2D eigenvalue weighted by atomic mass is 32.2. The molecule has 37 heavy (non-hydrogen) atoms. The van der Waals surface area contributed by atoms with Gasteiger partial charge in [-0.15, -0.1) is 0 Å². The molecule has 200 valence electrons. The van der Waals surface area contributed by atoms with Crippen LogP contribution >= 0.6 is 0 Å². The number of sulfonamides is 1. The molecular weight excluding hydrogens is 486 g/mol. The van der Waals surface area contributed by atoms with Crippen LogP contribution in [0.3, 0.4) is 0 Å². The van der Waals surface area contributed by atoms with E-state index in [1.807, 2.05) is 12.1 Å². The van der Waals surface area contributed by atoms with Crippen LogP contribution in [0.25, 0.3) is 0 Å². The van der Waals surface area contributed by atoms with Crippen LogP contribution in [-0.2, 0) is 22.9 Å². The zero-order chi connectivity index (χ0) is 25.8. The molecule has 0 amide bonds. The number of para-hydroxylation sites is 1. The number of carbonyl (C=O) groups is 1. The maximum absolute atomic E-state index is 13.5. The molecule has 3 aliphatic rings. The van der Waals surface area contributed by atoms with E-state index in [-0.39, 0.29) is 16.1 Å². The first-order valence-electron chi connectivity index (χ1n) is 13.9. The Labute approximate surface area is 220 Å². The highest BCUT2D eigenvalue weighted by molar-refractivity contribution is 7.92. The van der Waals surface area contributed by atoms with Crippen LogP contribution in [-0.4, -0.2) is 49.6 Å². The molecule has 0 spiro atoms. The number of rotatable bonds is 9. The first-order valence-corrected chi connectivity index (χ1v) is 15.4. The molecule has 0 bridgehead atoms. The Morgan fingerprint density at radius 3 is 2.51 bits per heavy atom. The minimum Gasteiger partial charge on any atom is -0.478 e. The highest BCUT2D eigenvalue weighted by Gasteiger charge is 2.31. The Balaban J connectivity index is 1.30. The van der Waals surface area contributed by atoms with E-state index in [0.29, 0.717) is 30.7 Å². The van der Waals surface area contributed by atoms with Gasteiger partial charge in [-0.25, -0.2) is 13.2 Å². The van der Waals surface area contributed by atoms with Crippen LogP contribution in [0.1, 0.15) is 85.7 Å². The highest BCUT2D eigenvalue weighted by Crippen LogP contribution is 2.33. The van der Waals surface area contributed by atoms with Crippen LogP contribution in [0.5, 0.6) is 0 Å². The second-order valence-electron chi connectivity index (χ2n) is 10.8. The fourth-order valence-electron chi connectivity index (χ4n) is 6.64. The van der Waals surface area contributed by atoms with Gasteiger partial charge >= 0.3 is 5.97 Å². The smallest absolute Gasteiger partial charge is 0.338 e. The molecule has 2 aromatic rings. The number of carboxylic acids is 1. The van der Waals surface area contributed by atoms with Crippen molar-refractivity contribution in [3.63, 3.8) is 0 Å². The predicted molar refractivity (Wildman–Crippen MR) is 147 cm³/mol. The number of anilines is 2. The molecule has 0 radical (unpaired) electrons. The van der Waals surface area contributed by atoms with Gasteiger partial charge in [0.25, 0.3) is 10.0 Å². The van der Waals surface area contributed by atoms with E-state index in [1.54, 1.807) is 24.3 Å². The topological polar surface area (TPSA) is 98.7 Å². The normalized spacial score (nSPS) is 20.9. The number of nitrogens with one attached hydrogen (secondary N) is 2. The Kier molecular flexibility index (Phi) is 8.05. The van der Waals surface area contributed by atoms with Crippen molar-refractivity contribution in [3.8, 4) is 0 Å². The minimum absolute atomic E-state index is 0.0789. The summed E-state index contributed by atoms with van der Waals surface area (Å²) < 4.78 is 29.6. The number of likely N-dealkylation sites (tertiary alicyclic amines) is 1. The van der Waals surface area contributed by atoms with Gasteiger partial charge in [-0.3, -0.25) is 9.62 Å². The summed E-state index contributed by atoms with van der Waals surface area (Å²) in [6, 6.07) is 11.6. The van der Waals surface area contributed by atoms with E-state index < -0.39 is 16.0 Å². The number of benzene rings is 2. The molecule has 1 aliphatic heterocycles. The zero-order valence-corrected chi connectivity index (χ0v) is 22.4. The van der Waals surface area contributed by atoms with E-state index in [9.17, 15) is 18.3 Å². The van der Waals surface area contributed by atoms with Gasteiger partial charge in [0.2, 0.25) is 0 Å². The van der Waals surface area contributed by atoms with Gasteiger partial charge in [0.15, 0.2) is 0 Å². The summed E-state index contributed by atoms with van der Waals surface area (Å²) in [7, 11) is -3.99. The maximum Gasteiger partial charge on any atom is 0.338 e. The quantitative estimate of drug-likeness (QED) is 0.391. The standard InChI is InChI=1S/C29H39N3O4S/c33-29(34)28-24-13-5-4-9-21(24)16-17-26(28)31-37(35,36)27-15-7-6-14-25(27)30-19-18-23-12-8-20-32(23)22-10-2-1-3-11-22/h6-7,14-17,22-23,30-31H,1-5,8-13,18-20H2,(H,33,34)/t23-/m0/s1. The van der Waals surface area contributed by atoms with Gasteiger partial charge in [0.1, 0.15) is 4.90 Å². The van der Waals surface area contributed by atoms with Gasteiger partial charge in [0, 0.05) is 18.6 Å². The summed E-state index contributed by atoms with van der Waals surface area (Å²) in [5.41, 5.74) is 2.52. The maximum atomic E-state index is 13.5. The van der Waals surface area contributed by atoms with Crippen LogP contribution < -0.4 is 10.0 Å².